The van der Waals surface area contributed by atoms with Gasteiger partial charge in [0.15, 0.2) is 11.5 Å². The van der Waals surface area contributed by atoms with Gasteiger partial charge in [0, 0.05) is 17.5 Å². The lowest BCUT2D eigenvalue weighted by Crippen LogP contribution is -2.42. The van der Waals surface area contributed by atoms with Crippen molar-refractivity contribution in [2.24, 2.45) is 5.73 Å². The number of halogens is 1. The van der Waals surface area contributed by atoms with Crippen LogP contribution in [0, 0.1) is 0 Å². The standard InChI is InChI=1S/C14H18FNO2/c15-8-10-6-11(14(9-16)2-1-3-14)13-12(7-10)17-4-5-18-13/h6-7H,1-5,8-9,16H2. The van der Waals surface area contributed by atoms with Gasteiger partial charge in [0.25, 0.3) is 0 Å². The predicted octanol–water partition coefficient (Wildman–Crippen LogP) is 2.31. The van der Waals surface area contributed by atoms with Gasteiger partial charge in [-0.25, -0.2) is 4.39 Å². The van der Waals surface area contributed by atoms with Crippen LogP contribution in [0.25, 0.3) is 0 Å². The van der Waals surface area contributed by atoms with Gasteiger partial charge in [0.1, 0.15) is 19.9 Å². The number of ether oxygens (including phenoxy) is 2. The number of fused-ring (bicyclic) bond motifs is 1. The molecule has 0 amide bonds. The average Bonchev–Trinajstić information content (AvgIpc) is 2.37. The number of rotatable bonds is 3. The molecule has 2 N–H and O–H groups in total. The van der Waals surface area contributed by atoms with Crippen molar-refractivity contribution in [3.05, 3.63) is 23.3 Å². The summed E-state index contributed by atoms with van der Waals surface area (Å²) in [5, 5.41) is 0. The number of hydrogen-bond acceptors (Lipinski definition) is 3. The molecule has 0 spiro atoms. The molecule has 1 saturated carbocycles. The third kappa shape index (κ3) is 1.67. The first-order valence-corrected chi connectivity index (χ1v) is 6.48. The summed E-state index contributed by atoms with van der Waals surface area (Å²) in [6, 6.07) is 3.64. The Morgan fingerprint density at radius 1 is 1.22 bits per heavy atom. The van der Waals surface area contributed by atoms with Gasteiger partial charge in [-0.05, 0) is 30.5 Å². The maximum Gasteiger partial charge on any atom is 0.165 e. The predicted molar refractivity (Wildman–Crippen MR) is 66.8 cm³/mol. The quantitative estimate of drug-likeness (QED) is 0.896. The number of nitrogens with two attached hydrogens (primary N) is 1. The van der Waals surface area contributed by atoms with Gasteiger partial charge in [-0.1, -0.05) is 6.42 Å². The minimum absolute atomic E-state index is 0.0318. The van der Waals surface area contributed by atoms with Crippen LogP contribution in [0.5, 0.6) is 11.5 Å². The van der Waals surface area contributed by atoms with E-state index in [0.717, 1.165) is 24.2 Å². The molecule has 1 aliphatic heterocycles. The fourth-order valence-corrected chi connectivity index (χ4v) is 2.87. The van der Waals surface area contributed by atoms with Crippen LogP contribution < -0.4 is 15.2 Å². The zero-order chi connectivity index (χ0) is 12.6. The van der Waals surface area contributed by atoms with E-state index in [1.54, 1.807) is 6.07 Å². The van der Waals surface area contributed by atoms with E-state index in [1.165, 1.54) is 6.42 Å². The highest BCUT2D eigenvalue weighted by Gasteiger charge is 2.41. The Morgan fingerprint density at radius 2 is 2.00 bits per heavy atom. The van der Waals surface area contributed by atoms with E-state index in [9.17, 15) is 4.39 Å². The average molecular weight is 251 g/mol. The summed E-state index contributed by atoms with van der Waals surface area (Å²) in [7, 11) is 0. The summed E-state index contributed by atoms with van der Waals surface area (Å²) < 4.78 is 24.3. The van der Waals surface area contributed by atoms with E-state index in [0.29, 0.717) is 31.1 Å². The molecule has 1 aromatic carbocycles. The van der Waals surface area contributed by atoms with Gasteiger partial charge in [0.2, 0.25) is 0 Å². The Labute approximate surface area is 106 Å². The second kappa shape index (κ2) is 4.43. The molecule has 98 valence electrons. The largest absolute Gasteiger partial charge is 0.486 e. The van der Waals surface area contributed by atoms with E-state index < -0.39 is 6.67 Å². The normalized spacial score (nSPS) is 20.3. The summed E-state index contributed by atoms with van der Waals surface area (Å²) in [5.74, 6) is 1.45. The zero-order valence-electron chi connectivity index (χ0n) is 10.4. The van der Waals surface area contributed by atoms with Gasteiger partial charge < -0.3 is 15.2 Å². The second-order valence-corrected chi connectivity index (χ2v) is 5.14. The van der Waals surface area contributed by atoms with Crippen molar-refractivity contribution in [3.8, 4) is 11.5 Å². The summed E-state index contributed by atoms with van der Waals surface area (Å²) in [4.78, 5) is 0. The van der Waals surface area contributed by atoms with Crippen molar-refractivity contribution >= 4 is 0 Å². The van der Waals surface area contributed by atoms with Gasteiger partial charge in [-0.15, -0.1) is 0 Å². The lowest BCUT2D eigenvalue weighted by atomic mass is 9.64. The Kier molecular flexibility index (Phi) is 2.90. The molecule has 1 aromatic rings. The molecule has 0 aromatic heterocycles. The van der Waals surface area contributed by atoms with Gasteiger partial charge in [-0.2, -0.15) is 0 Å². The number of benzene rings is 1. The molecule has 0 saturated heterocycles. The summed E-state index contributed by atoms with van der Waals surface area (Å²) in [6.45, 7) is 1.18. The Morgan fingerprint density at radius 3 is 2.61 bits per heavy atom. The Balaban J connectivity index is 2.11. The first kappa shape index (κ1) is 11.8. The van der Waals surface area contributed by atoms with Crippen molar-refractivity contribution < 1.29 is 13.9 Å². The van der Waals surface area contributed by atoms with Gasteiger partial charge >= 0.3 is 0 Å². The molecule has 18 heavy (non-hydrogen) atoms. The first-order chi connectivity index (χ1) is 8.79. The summed E-state index contributed by atoms with van der Waals surface area (Å²) in [6.07, 6.45) is 3.27. The van der Waals surface area contributed by atoms with Crippen LogP contribution in [0.3, 0.4) is 0 Å². The van der Waals surface area contributed by atoms with E-state index >= 15 is 0 Å². The minimum atomic E-state index is -0.482. The fourth-order valence-electron chi connectivity index (χ4n) is 2.87. The van der Waals surface area contributed by atoms with Crippen molar-refractivity contribution in [2.45, 2.75) is 31.4 Å². The SMILES string of the molecule is NCC1(c2cc(CF)cc3c2OCCO3)CCC1. The Bertz CT molecular complexity index is 452. The van der Waals surface area contributed by atoms with Crippen LogP contribution in [-0.4, -0.2) is 19.8 Å². The third-order valence-electron chi connectivity index (χ3n) is 4.13. The highest BCUT2D eigenvalue weighted by molar-refractivity contribution is 5.54. The lowest BCUT2D eigenvalue weighted by Gasteiger charge is -2.43. The van der Waals surface area contributed by atoms with E-state index in [-0.39, 0.29) is 5.41 Å². The molecule has 4 heteroatoms. The zero-order valence-corrected chi connectivity index (χ0v) is 10.4. The van der Waals surface area contributed by atoms with Gasteiger partial charge in [-0.3, -0.25) is 0 Å². The molecule has 2 aliphatic rings. The Hall–Kier alpha value is -1.29. The molecule has 1 aliphatic carbocycles. The molecule has 0 bridgehead atoms. The number of hydrogen-bond donors (Lipinski definition) is 1. The molecule has 0 unspecified atom stereocenters. The van der Waals surface area contributed by atoms with Crippen molar-refractivity contribution in [1.29, 1.82) is 0 Å². The van der Waals surface area contributed by atoms with Crippen molar-refractivity contribution in [2.75, 3.05) is 19.8 Å². The van der Waals surface area contributed by atoms with Crippen molar-refractivity contribution in [1.82, 2.24) is 0 Å². The van der Waals surface area contributed by atoms with Crippen LogP contribution >= 0.6 is 0 Å². The highest BCUT2D eigenvalue weighted by Crippen LogP contribution is 2.50. The van der Waals surface area contributed by atoms with Crippen molar-refractivity contribution in [3.63, 3.8) is 0 Å². The topological polar surface area (TPSA) is 44.5 Å². The third-order valence-corrected chi connectivity index (χ3v) is 4.13. The molecule has 3 nitrogen and oxygen atoms in total. The number of alkyl halides is 1. The molecule has 0 atom stereocenters. The lowest BCUT2D eigenvalue weighted by molar-refractivity contribution is 0.159. The highest BCUT2D eigenvalue weighted by atomic mass is 19.1. The monoisotopic (exact) mass is 251 g/mol. The first-order valence-electron chi connectivity index (χ1n) is 6.48. The summed E-state index contributed by atoms with van der Waals surface area (Å²) in [5.41, 5.74) is 7.59. The maximum absolute atomic E-state index is 13.0. The smallest absolute Gasteiger partial charge is 0.165 e. The molecule has 1 fully saturated rings. The molecule has 1 heterocycles. The van der Waals surface area contributed by atoms with E-state index in [4.69, 9.17) is 15.2 Å². The summed E-state index contributed by atoms with van der Waals surface area (Å²) >= 11 is 0. The van der Waals surface area contributed by atoms with Crippen LogP contribution in [0.1, 0.15) is 30.4 Å². The fraction of sp³-hybridized carbons (Fsp3) is 0.571. The minimum Gasteiger partial charge on any atom is -0.486 e. The van der Waals surface area contributed by atoms with E-state index in [1.807, 2.05) is 6.07 Å². The van der Waals surface area contributed by atoms with Crippen LogP contribution in [0.15, 0.2) is 12.1 Å². The van der Waals surface area contributed by atoms with Gasteiger partial charge in [0.05, 0.1) is 0 Å². The van der Waals surface area contributed by atoms with E-state index in [2.05, 4.69) is 0 Å². The molecule has 3 rings (SSSR count). The molecular weight excluding hydrogens is 233 g/mol. The maximum atomic E-state index is 13.0. The molecular formula is C14H18FNO2. The van der Waals surface area contributed by atoms with Crippen LogP contribution in [-0.2, 0) is 12.1 Å². The van der Waals surface area contributed by atoms with Crippen LogP contribution in [0.4, 0.5) is 4.39 Å². The second-order valence-electron chi connectivity index (χ2n) is 5.14. The molecule has 0 radical (unpaired) electrons. The van der Waals surface area contributed by atoms with Crippen LogP contribution in [0.2, 0.25) is 0 Å².